The molecule has 0 saturated carbocycles. The van der Waals surface area contributed by atoms with Crippen molar-refractivity contribution in [2.24, 2.45) is 0 Å². The molecule has 1 heterocycles. The van der Waals surface area contributed by atoms with Crippen LogP contribution >= 0.6 is 0 Å². The zero-order valence-electron chi connectivity index (χ0n) is 11.0. The summed E-state index contributed by atoms with van der Waals surface area (Å²) in [4.78, 5) is 4.11. The van der Waals surface area contributed by atoms with E-state index in [1.165, 1.54) is 12.1 Å². The molecule has 1 N–H and O–H groups in total. The average molecular weight is 267 g/mol. The quantitative estimate of drug-likeness (QED) is 0.769. The first kappa shape index (κ1) is 12.8. The molecule has 3 rings (SSSR count). The van der Waals surface area contributed by atoms with E-state index in [2.05, 4.69) is 4.98 Å². The summed E-state index contributed by atoms with van der Waals surface area (Å²) in [5.41, 5.74) is -0.0347. The second-order valence-corrected chi connectivity index (χ2v) is 4.98. The largest absolute Gasteiger partial charge is 0.381 e. The van der Waals surface area contributed by atoms with E-state index in [9.17, 15) is 9.50 Å². The predicted molar refractivity (Wildman–Crippen MR) is 76.8 cm³/mol. The minimum Gasteiger partial charge on any atom is -0.381 e. The Hall–Kier alpha value is -2.26. The Morgan fingerprint density at radius 3 is 2.70 bits per heavy atom. The van der Waals surface area contributed by atoms with E-state index in [1.54, 1.807) is 31.5 Å². The van der Waals surface area contributed by atoms with Crippen LogP contribution in [0.4, 0.5) is 4.39 Å². The normalized spacial score (nSPS) is 14.2. The molecule has 3 heteroatoms. The molecule has 0 amide bonds. The lowest BCUT2D eigenvalue weighted by Gasteiger charge is -2.26. The summed E-state index contributed by atoms with van der Waals surface area (Å²) < 4.78 is 13.4. The first-order valence-corrected chi connectivity index (χ1v) is 6.41. The van der Waals surface area contributed by atoms with Gasteiger partial charge in [0.2, 0.25) is 0 Å². The highest BCUT2D eigenvalue weighted by molar-refractivity contribution is 5.86. The Kier molecular flexibility index (Phi) is 2.99. The first-order valence-electron chi connectivity index (χ1n) is 6.41. The first-order chi connectivity index (χ1) is 9.59. The summed E-state index contributed by atoms with van der Waals surface area (Å²) in [6.07, 6.45) is 3.43. The van der Waals surface area contributed by atoms with Gasteiger partial charge in [-0.2, -0.15) is 0 Å². The van der Waals surface area contributed by atoms with Crippen molar-refractivity contribution in [3.05, 3.63) is 77.9 Å². The van der Waals surface area contributed by atoms with Crippen LogP contribution in [0.15, 0.2) is 60.9 Å². The molecule has 0 radical (unpaired) electrons. The summed E-state index contributed by atoms with van der Waals surface area (Å²) in [5.74, 6) is -0.360. The second kappa shape index (κ2) is 4.69. The van der Waals surface area contributed by atoms with Gasteiger partial charge in [0.05, 0.1) is 0 Å². The van der Waals surface area contributed by atoms with Gasteiger partial charge in [-0.3, -0.25) is 4.98 Å². The lowest BCUT2D eigenvalue weighted by molar-refractivity contribution is 0.103. The number of benzene rings is 2. The monoisotopic (exact) mass is 267 g/mol. The van der Waals surface area contributed by atoms with E-state index >= 15 is 0 Å². The number of fused-ring (bicyclic) bond motifs is 1. The molecule has 1 atom stereocenters. The molecule has 1 unspecified atom stereocenters. The van der Waals surface area contributed by atoms with Crippen LogP contribution in [-0.4, -0.2) is 10.1 Å². The number of rotatable bonds is 2. The molecule has 20 heavy (non-hydrogen) atoms. The molecule has 1 aromatic heterocycles. The number of pyridine rings is 1. The summed E-state index contributed by atoms with van der Waals surface area (Å²) in [5, 5.41) is 12.7. The van der Waals surface area contributed by atoms with Gasteiger partial charge in [0.15, 0.2) is 0 Å². The Bertz CT molecular complexity index is 762. The average Bonchev–Trinajstić information content (AvgIpc) is 2.46. The smallest absolute Gasteiger partial charge is 0.123 e. The molecular formula is C17H14FNO. The van der Waals surface area contributed by atoms with Gasteiger partial charge in [-0.1, -0.05) is 30.3 Å². The molecule has 0 fully saturated rings. The molecule has 2 nitrogen and oxygen atoms in total. The van der Waals surface area contributed by atoms with Crippen molar-refractivity contribution in [3.8, 4) is 0 Å². The summed E-state index contributed by atoms with van der Waals surface area (Å²) in [6, 6.07) is 13.6. The highest BCUT2D eigenvalue weighted by Crippen LogP contribution is 2.33. The Balaban J connectivity index is 2.23. The molecule has 0 spiro atoms. The van der Waals surface area contributed by atoms with Crippen molar-refractivity contribution < 1.29 is 9.50 Å². The Labute approximate surface area is 116 Å². The fourth-order valence-electron chi connectivity index (χ4n) is 2.48. The fraction of sp³-hybridized carbons (Fsp3) is 0.118. The van der Waals surface area contributed by atoms with Gasteiger partial charge in [-0.25, -0.2) is 4.39 Å². The lowest BCUT2D eigenvalue weighted by atomic mass is 9.85. The van der Waals surface area contributed by atoms with E-state index in [4.69, 9.17) is 0 Å². The third-order valence-corrected chi connectivity index (χ3v) is 3.59. The number of nitrogens with zero attached hydrogens (tertiary/aromatic N) is 1. The van der Waals surface area contributed by atoms with Gasteiger partial charge in [0.1, 0.15) is 11.4 Å². The van der Waals surface area contributed by atoms with Crippen LogP contribution in [0.2, 0.25) is 0 Å². The zero-order chi connectivity index (χ0) is 14.2. The molecule has 0 aliphatic heterocycles. The molecule has 0 aliphatic rings. The van der Waals surface area contributed by atoms with Gasteiger partial charge in [-0.05, 0) is 41.6 Å². The lowest BCUT2D eigenvalue weighted by Crippen LogP contribution is -2.23. The zero-order valence-corrected chi connectivity index (χ0v) is 11.0. The maximum atomic E-state index is 13.4. The highest BCUT2D eigenvalue weighted by Gasteiger charge is 2.27. The van der Waals surface area contributed by atoms with Gasteiger partial charge >= 0.3 is 0 Å². The van der Waals surface area contributed by atoms with Crippen LogP contribution in [0.1, 0.15) is 18.1 Å². The van der Waals surface area contributed by atoms with Crippen molar-refractivity contribution >= 4 is 10.8 Å². The van der Waals surface area contributed by atoms with E-state index in [-0.39, 0.29) is 5.82 Å². The standard InChI is InChI=1S/C17H14FNO/c1-17(20,13-5-3-6-14(18)10-13)16-7-2-4-12-8-9-19-11-15(12)16/h2-11,20H,1H3. The number of halogens is 1. The van der Waals surface area contributed by atoms with Crippen LogP contribution < -0.4 is 0 Å². The molecule has 3 aromatic rings. The van der Waals surface area contributed by atoms with E-state index in [1.807, 2.05) is 24.3 Å². The molecule has 0 aliphatic carbocycles. The van der Waals surface area contributed by atoms with Gasteiger partial charge in [0.25, 0.3) is 0 Å². The fourth-order valence-corrected chi connectivity index (χ4v) is 2.48. The number of aliphatic hydroxyl groups is 1. The van der Waals surface area contributed by atoms with Gasteiger partial charge in [-0.15, -0.1) is 0 Å². The number of aromatic nitrogens is 1. The van der Waals surface area contributed by atoms with E-state index < -0.39 is 5.60 Å². The molecule has 0 saturated heterocycles. The van der Waals surface area contributed by atoms with Crippen molar-refractivity contribution in [2.45, 2.75) is 12.5 Å². The Morgan fingerprint density at radius 1 is 1.10 bits per heavy atom. The van der Waals surface area contributed by atoms with Crippen molar-refractivity contribution in [1.29, 1.82) is 0 Å². The van der Waals surface area contributed by atoms with Crippen LogP contribution in [0.5, 0.6) is 0 Å². The van der Waals surface area contributed by atoms with Crippen molar-refractivity contribution in [2.75, 3.05) is 0 Å². The molecule has 2 aromatic carbocycles. The molecule has 100 valence electrons. The van der Waals surface area contributed by atoms with Crippen LogP contribution in [0, 0.1) is 5.82 Å². The van der Waals surface area contributed by atoms with E-state index in [0.29, 0.717) is 11.1 Å². The SMILES string of the molecule is CC(O)(c1cccc(F)c1)c1cccc2ccncc12. The second-order valence-electron chi connectivity index (χ2n) is 4.98. The van der Waals surface area contributed by atoms with Gasteiger partial charge < -0.3 is 5.11 Å². The minimum atomic E-state index is -1.27. The number of hydrogen-bond acceptors (Lipinski definition) is 2. The minimum absolute atomic E-state index is 0.360. The predicted octanol–water partition coefficient (Wildman–Crippen LogP) is 3.63. The Morgan fingerprint density at radius 2 is 1.90 bits per heavy atom. The molecular weight excluding hydrogens is 253 g/mol. The van der Waals surface area contributed by atoms with Crippen molar-refractivity contribution in [1.82, 2.24) is 4.98 Å². The summed E-state index contributed by atoms with van der Waals surface area (Å²) >= 11 is 0. The van der Waals surface area contributed by atoms with Crippen LogP contribution in [-0.2, 0) is 5.60 Å². The third kappa shape index (κ3) is 2.06. The summed E-state index contributed by atoms with van der Waals surface area (Å²) in [7, 11) is 0. The van der Waals surface area contributed by atoms with Crippen LogP contribution in [0.3, 0.4) is 0 Å². The van der Waals surface area contributed by atoms with E-state index in [0.717, 1.165) is 10.8 Å². The molecule has 0 bridgehead atoms. The van der Waals surface area contributed by atoms with Gasteiger partial charge in [0, 0.05) is 17.8 Å². The summed E-state index contributed by atoms with van der Waals surface area (Å²) in [6.45, 7) is 1.67. The highest BCUT2D eigenvalue weighted by atomic mass is 19.1. The van der Waals surface area contributed by atoms with Crippen LogP contribution in [0.25, 0.3) is 10.8 Å². The van der Waals surface area contributed by atoms with Crippen molar-refractivity contribution in [3.63, 3.8) is 0 Å². The third-order valence-electron chi connectivity index (χ3n) is 3.59. The maximum absolute atomic E-state index is 13.4. The number of hydrogen-bond donors (Lipinski definition) is 1. The maximum Gasteiger partial charge on any atom is 0.123 e. The topological polar surface area (TPSA) is 33.1 Å².